The van der Waals surface area contributed by atoms with Gasteiger partial charge in [-0.15, -0.1) is 11.6 Å². The van der Waals surface area contributed by atoms with Gasteiger partial charge in [-0.2, -0.15) is 0 Å². The quantitative estimate of drug-likeness (QED) is 0.802. The number of carbonyl (C=O) groups is 1. The third-order valence-corrected chi connectivity index (χ3v) is 2.36. The van der Waals surface area contributed by atoms with Crippen molar-refractivity contribution in [2.24, 2.45) is 0 Å². The molecule has 1 amide bonds. The largest absolute Gasteiger partial charge is 0.378 e. The molecule has 1 aromatic carbocycles. The number of aryl methyl sites for hydroxylation is 1. The maximum Gasteiger partial charge on any atom is 0.239 e. The molecular formula is C11H15ClN2O. The van der Waals surface area contributed by atoms with Gasteiger partial charge in [-0.05, 0) is 30.7 Å². The number of anilines is 2. The Balaban J connectivity index is 2.88. The van der Waals surface area contributed by atoms with Crippen LogP contribution >= 0.6 is 11.6 Å². The van der Waals surface area contributed by atoms with Gasteiger partial charge in [0.1, 0.15) is 5.88 Å². The summed E-state index contributed by atoms with van der Waals surface area (Å²) in [7, 11) is 3.96. The fourth-order valence-corrected chi connectivity index (χ4v) is 1.32. The molecule has 1 rings (SSSR count). The predicted octanol–water partition coefficient (Wildman–Crippen LogP) is 2.24. The molecule has 0 spiro atoms. The van der Waals surface area contributed by atoms with Crippen LogP contribution in [0, 0.1) is 6.92 Å². The first-order chi connectivity index (χ1) is 7.04. The second kappa shape index (κ2) is 5.03. The van der Waals surface area contributed by atoms with Gasteiger partial charge in [-0.3, -0.25) is 4.79 Å². The highest BCUT2D eigenvalue weighted by Crippen LogP contribution is 2.21. The van der Waals surface area contributed by atoms with Gasteiger partial charge in [-0.1, -0.05) is 0 Å². The van der Waals surface area contributed by atoms with Crippen molar-refractivity contribution in [3.8, 4) is 0 Å². The summed E-state index contributed by atoms with van der Waals surface area (Å²) in [5.41, 5.74) is 2.95. The Morgan fingerprint density at radius 3 is 2.60 bits per heavy atom. The van der Waals surface area contributed by atoms with Gasteiger partial charge >= 0.3 is 0 Å². The fourth-order valence-electron chi connectivity index (χ4n) is 1.25. The molecule has 0 fully saturated rings. The van der Waals surface area contributed by atoms with Crippen molar-refractivity contribution >= 4 is 28.9 Å². The normalized spacial score (nSPS) is 9.87. The van der Waals surface area contributed by atoms with Crippen LogP contribution in [0.2, 0.25) is 0 Å². The molecule has 0 heterocycles. The standard InChI is InChI=1S/C11H15ClN2O/c1-8-6-9(14(2)3)4-5-10(8)13-11(15)7-12/h4-6H,7H2,1-3H3,(H,13,15). The van der Waals surface area contributed by atoms with Crippen LogP contribution in [0.3, 0.4) is 0 Å². The van der Waals surface area contributed by atoms with Crippen LogP contribution < -0.4 is 10.2 Å². The lowest BCUT2D eigenvalue weighted by atomic mass is 10.1. The average molecular weight is 227 g/mol. The number of nitrogens with one attached hydrogen (secondary N) is 1. The molecule has 0 aromatic heterocycles. The van der Waals surface area contributed by atoms with E-state index in [0.29, 0.717) is 0 Å². The van der Waals surface area contributed by atoms with Gasteiger partial charge in [0.2, 0.25) is 5.91 Å². The lowest BCUT2D eigenvalue weighted by Crippen LogP contribution is -2.14. The Morgan fingerprint density at radius 2 is 2.13 bits per heavy atom. The number of benzene rings is 1. The van der Waals surface area contributed by atoms with Gasteiger partial charge in [0.25, 0.3) is 0 Å². The van der Waals surface area contributed by atoms with Crippen LogP contribution in [0.4, 0.5) is 11.4 Å². The van der Waals surface area contributed by atoms with Crippen molar-refractivity contribution < 1.29 is 4.79 Å². The number of carbonyl (C=O) groups excluding carboxylic acids is 1. The van der Waals surface area contributed by atoms with Gasteiger partial charge in [0.05, 0.1) is 0 Å². The van der Waals surface area contributed by atoms with E-state index in [0.717, 1.165) is 16.9 Å². The summed E-state index contributed by atoms with van der Waals surface area (Å²) in [6.07, 6.45) is 0. The van der Waals surface area contributed by atoms with E-state index < -0.39 is 0 Å². The summed E-state index contributed by atoms with van der Waals surface area (Å²) < 4.78 is 0. The molecule has 0 aliphatic heterocycles. The van der Waals surface area contributed by atoms with Crippen LogP contribution in [0.15, 0.2) is 18.2 Å². The van der Waals surface area contributed by atoms with Crippen molar-refractivity contribution in [1.82, 2.24) is 0 Å². The van der Waals surface area contributed by atoms with E-state index in [4.69, 9.17) is 11.6 Å². The maximum atomic E-state index is 11.1. The summed E-state index contributed by atoms with van der Waals surface area (Å²) in [5, 5.41) is 2.74. The third kappa shape index (κ3) is 3.13. The predicted molar refractivity (Wildman–Crippen MR) is 64.9 cm³/mol. The number of alkyl halides is 1. The number of nitrogens with zero attached hydrogens (tertiary/aromatic N) is 1. The molecule has 0 atom stereocenters. The molecule has 3 nitrogen and oxygen atoms in total. The molecule has 0 bridgehead atoms. The molecular weight excluding hydrogens is 212 g/mol. The van der Waals surface area contributed by atoms with E-state index in [9.17, 15) is 4.79 Å². The third-order valence-electron chi connectivity index (χ3n) is 2.12. The minimum atomic E-state index is -0.183. The van der Waals surface area contributed by atoms with E-state index in [1.807, 2.05) is 44.1 Å². The number of hydrogen-bond acceptors (Lipinski definition) is 2. The molecule has 1 aromatic rings. The lowest BCUT2D eigenvalue weighted by molar-refractivity contribution is -0.113. The summed E-state index contributed by atoms with van der Waals surface area (Å²) >= 11 is 5.42. The highest BCUT2D eigenvalue weighted by atomic mass is 35.5. The van der Waals surface area contributed by atoms with Crippen LogP contribution in [0.5, 0.6) is 0 Å². The van der Waals surface area contributed by atoms with Gasteiger partial charge < -0.3 is 10.2 Å². The van der Waals surface area contributed by atoms with E-state index >= 15 is 0 Å². The highest BCUT2D eigenvalue weighted by Gasteiger charge is 2.04. The van der Waals surface area contributed by atoms with Crippen LogP contribution in [-0.2, 0) is 4.79 Å². The Kier molecular flexibility index (Phi) is 3.97. The first-order valence-electron chi connectivity index (χ1n) is 4.68. The SMILES string of the molecule is Cc1cc(N(C)C)ccc1NC(=O)CCl. The molecule has 1 N–H and O–H groups in total. The first-order valence-corrected chi connectivity index (χ1v) is 5.22. The van der Waals surface area contributed by atoms with Crippen LogP contribution in [0.1, 0.15) is 5.56 Å². The van der Waals surface area contributed by atoms with Crippen molar-refractivity contribution in [2.45, 2.75) is 6.92 Å². The minimum Gasteiger partial charge on any atom is -0.378 e. The minimum absolute atomic E-state index is 0.0190. The summed E-state index contributed by atoms with van der Waals surface area (Å²) in [6, 6.07) is 5.86. The molecule has 0 radical (unpaired) electrons. The lowest BCUT2D eigenvalue weighted by Gasteiger charge is -2.15. The number of rotatable bonds is 3. The Hall–Kier alpha value is -1.22. The second-order valence-electron chi connectivity index (χ2n) is 3.58. The summed E-state index contributed by atoms with van der Waals surface area (Å²) in [4.78, 5) is 13.1. The van der Waals surface area contributed by atoms with Crippen molar-refractivity contribution in [2.75, 3.05) is 30.2 Å². The zero-order valence-electron chi connectivity index (χ0n) is 9.17. The average Bonchev–Trinajstić information content (AvgIpc) is 2.20. The zero-order chi connectivity index (χ0) is 11.4. The Morgan fingerprint density at radius 1 is 1.47 bits per heavy atom. The summed E-state index contributed by atoms with van der Waals surface area (Å²) in [6.45, 7) is 1.96. The van der Waals surface area contributed by atoms with E-state index in [1.54, 1.807) is 0 Å². The van der Waals surface area contributed by atoms with Crippen molar-refractivity contribution in [1.29, 1.82) is 0 Å². The number of hydrogen-bond donors (Lipinski definition) is 1. The van der Waals surface area contributed by atoms with E-state index in [1.165, 1.54) is 0 Å². The van der Waals surface area contributed by atoms with Gasteiger partial charge in [0.15, 0.2) is 0 Å². The maximum absolute atomic E-state index is 11.1. The van der Waals surface area contributed by atoms with E-state index in [-0.39, 0.29) is 11.8 Å². The molecule has 0 aliphatic carbocycles. The first kappa shape index (κ1) is 11.9. The van der Waals surface area contributed by atoms with Crippen molar-refractivity contribution in [3.05, 3.63) is 23.8 Å². The molecule has 82 valence electrons. The Labute approximate surface area is 95.0 Å². The van der Waals surface area contributed by atoms with Crippen LogP contribution in [0.25, 0.3) is 0 Å². The number of amides is 1. The Bertz CT molecular complexity index is 364. The zero-order valence-corrected chi connectivity index (χ0v) is 9.93. The molecule has 0 aliphatic rings. The fraction of sp³-hybridized carbons (Fsp3) is 0.364. The molecule has 0 saturated heterocycles. The van der Waals surface area contributed by atoms with Gasteiger partial charge in [0, 0.05) is 25.5 Å². The van der Waals surface area contributed by atoms with E-state index in [2.05, 4.69) is 5.32 Å². The highest BCUT2D eigenvalue weighted by molar-refractivity contribution is 6.29. The molecule has 4 heteroatoms. The van der Waals surface area contributed by atoms with Crippen LogP contribution in [-0.4, -0.2) is 25.9 Å². The van der Waals surface area contributed by atoms with Gasteiger partial charge in [-0.25, -0.2) is 0 Å². The molecule has 0 unspecified atom stereocenters. The molecule has 0 saturated carbocycles. The monoisotopic (exact) mass is 226 g/mol. The van der Waals surface area contributed by atoms with Crippen molar-refractivity contribution in [3.63, 3.8) is 0 Å². The number of halogens is 1. The molecule has 15 heavy (non-hydrogen) atoms. The summed E-state index contributed by atoms with van der Waals surface area (Å²) in [5.74, 6) is -0.202. The topological polar surface area (TPSA) is 32.3 Å². The smallest absolute Gasteiger partial charge is 0.239 e. The second-order valence-corrected chi connectivity index (χ2v) is 3.84.